The monoisotopic (exact) mass is 336 g/mol. The van der Waals surface area contributed by atoms with E-state index in [9.17, 15) is 14.4 Å². The Kier molecular flexibility index (Phi) is 5.08. The normalized spacial score (nSPS) is 28.1. The maximum Gasteiger partial charge on any atom is 0.325 e. The molecule has 7 nitrogen and oxygen atoms in total. The molecule has 0 radical (unpaired) electrons. The maximum atomic E-state index is 12.4. The van der Waals surface area contributed by atoms with E-state index in [0.29, 0.717) is 6.54 Å². The zero-order valence-corrected chi connectivity index (χ0v) is 14.5. The van der Waals surface area contributed by atoms with Crippen LogP contribution in [0.25, 0.3) is 0 Å². The van der Waals surface area contributed by atoms with Gasteiger partial charge in [-0.05, 0) is 64.6 Å². The van der Waals surface area contributed by atoms with Gasteiger partial charge >= 0.3 is 6.03 Å². The SMILES string of the molecule is CC1(C2CC2)NC(=O)N(CC(=O)NCCCN2CCCCC2)C1=O. The van der Waals surface area contributed by atoms with E-state index in [4.69, 9.17) is 0 Å². The summed E-state index contributed by atoms with van der Waals surface area (Å²) in [4.78, 5) is 40.0. The summed E-state index contributed by atoms with van der Waals surface area (Å²) in [6.45, 7) is 5.45. The number of carbonyl (C=O) groups is 3. The molecule has 1 unspecified atom stereocenters. The minimum Gasteiger partial charge on any atom is -0.354 e. The topological polar surface area (TPSA) is 81.8 Å². The van der Waals surface area contributed by atoms with Crippen LogP contribution in [0.4, 0.5) is 4.79 Å². The van der Waals surface area contributed by atoms with Crippen LogP contribution >= 0.6 is 0 Å². The standard InChI is InChI=1S/C17H28N4O3/c1-17(13-6-7-13)15(23)21(16(24)19-17)12-14(22)18-8-5-11-20-9-3-2-4-10-20/h13H,2-12H2,1H3,(H,18,22)(H,19,24). The molecule has 3 aliphatic rings. The third kappa shape index (κ3) is 3.71. The van der Waals surface area contributed by atoms with Gasteiger partial charge in [-0.15, -0.1) is 0 Å². The van der Waals surface area contributed by atoms with Crippen molar-refractivity contribution in [2.45, 2.75) is 51.0 Å². The molecule has 0 aromatic carbocycles. The quantitative estimate of drug-likeness (QED) is 0.530. The highest BCUT2D eigenvalue weighted by Gasteiger charge is 2.56. The van der Waals surface area contributed by atoms with E-state index in [1.807, 2.05) is 0 Å². The Hall–Kier alpha value is -1.63. The summed E-state index contributed by atoms with van der Waals surface area (Å²) in [6.07, 6.45) is 6.65. The molecule has 0 bridgehead atoms. The number of piperidine rings is 1. The van der Waals surface area contributed by atoms with Crippen molar-refractivity contribution in [3.05, 3.63) is 0 Å². The summed E-state index contributed by atoms with van der Waals surface area (Å²) in [5.41, 5.74) is -0.814. The van der Waals surface area contributed by atoms with Crippen molar-refractivity contribution in [1.29, 1.82) is 0 Å². The van der Waals surface area contributed by atoms with Gasteiger partial charge < -0.3 is 15.5 Å². The predicted octanol–water partition coefficient (Wildman–Crippen LogP) is 0.699. The molecule has 1 saturated carbocycles. The highest BCUT2D eigenvalue weighted by molar-refractivity contribution is 6.09. The molecule has 2 N–H and O–H groups in total. The summed E-state index contributed by atoms with van der Waals surface area (Å²) >= 11 is 0. The van der Waals surface area contributed by atoms with Crippen molar-refractivity contribution in [1.82, 2.24) is 20.4 Å². The zero-order chi connectivity index (χ0) is 17.2. The zero-order valence-electron chi connectivity index (χ0n) is 14.5. The van der Waals surface area contributed by atoms with Crippen LogP contribution in [0.2, 0.25) is 0 Å². The average Bonchev–Trinajstić information content (AvgIpc) is 3.39. The van der Waals surface area contributed by atoms with Gasteiger partial charge in [0.25, 0.3) is 5.91 Å². The third-order valence-electron chi connectivity index (χ3n) is 5.42. The molecule has 3 rings (SSSR count). The largest absolute Gasteiger partial charge is 0.354 e. The molecule has 134 valence electrons. The second-order valence-corrected chi connectivity index (χ2v) is 7.40. The summed E-state index contributed by atoms with van der Waals surface area (Å²) < 4.78 is 0. The number of amides is 4. The van der Waals surface area contributed by atoms with Crippen molar-refractivity contribution < 1.29 is 14.4 Å². The lowest BCUT2D eigenvalue weighted by atomic mass is 9.96. The van der Waals surface area contributed by atoms with E-state index in [0.717, 1.165) is 43.8 Å². The molecule has 24 heavy (non-hydrogen) atoms. The molecule has 4 amide bonds. The Balaban J connectivity index is 1.38. The molecule has 2 saturated heterocycles. The first-order valence-corrected chi connectivity index (χ1v) is 9.14. The fourth-order valence-corrected chi connectivity index (χ4v) is 3.71. The third-order valence-corrected chi connectivity index (χ3v) is 5.42. The number of carbonyl (C=O) groups excluding carboxylic acids is 3. The van der Waals surface area contributed by atoms with Crippen molar-refractivity contribution >= 4 is 17.8 Å². The molecule has 0 aromatic heterocycles. The molecule has 1 atom stereocenters. The Morgan fingerprint density at radius 3 is 2.62 bits per heavy atom. The average molecular weight is 336 g/mol. The van der Waals surface area contributed by atoms with Gasteiger partial charge in [0.15, 0.2) is 0 Å². The van der Waals surface area contributed by atoms with Crippen LogP contribution in [0.1, 0.15) is 45.4 Å². The summed E-state index contributed by atoms with van der Waals surface area (Å²) in [5.74, 6) is -0.317. The number of hydrogen-bond acceptors (Lipinski definition) is 4. The molecule has 7 heteroatoms. The number of hydrogen-bond donors (Lipinski definition) is 2. The lowest BCUT2D eigenvalue weighted by Gasteiger charge is -2.26. The molecule has 2 heterocycles. The lowest BCUT2D eigenvalue weighted by Crippen LogP contribution is -2.47. The number of imide groups is 1. The molecule has 3 fully saturated rings. The minimum atomic E-state index is -0.814. The van der Waals surface area contributed by atoms with E-state index in [2.05, 4.69) is 15.5 Å². The van der Waals surface area contributed by atoms with Crippen molar-refractivity contribution in [3.63, 3.8) is 0 Å². The van der Waals surface area contributed by atoms with Crippen LogP contribution in [0, 0.1) is 5.92 Å². The van der Waals surface area contributed by atoms with Gasteiger partial charge in [0, 0.05) is 6.54 Å². The Morgan fingerprint density at radius 2 is 1.96 bits per heavy atom. The fourth-order valence-electron chi connectivity index (χ4n) is 3.71. The molecular formula is C17H28N4O3. The van der Waals surface area contributed by atoms with Crippen molar-refractivity contribution in [3.8, 4) is 0 Å². The van der Waals surface area contributed by atoms with Gasteiger partial charge in [-0.3, -0.25) is 14.5 Å². The van der Waals surface area contributed by atoms with Crippen LogP contribution in [0.3, 0.4) is 0 Å². The highest BCUT2D eigenvalue weighted by atomic mass is 16.2. The van der Waals surface area contributed by atoms with Crippen molar-refractivity contribution in [2.24, 2.45) is 5.92 Å². The second kappa shape index (κ2) is 7.09. The Bertz CT molecular complexity index is 514. The number of urea groups is 1. The van der Waals surface area contributed by atoms with Crippen LogP contribution in [0.15, 0.2) is 0 Å². The summed E-state index contributed by atoms with van der Waals surface area (Å²) in [5, 5.41) is 5.58. The number of likely N-dealkylation sites (tertiary alicyclic amines) is 1. The van der Waals surface area contributed by atoms with E-state index >= 15 is 0 Å². The van der Waals surface area contributed by atoms with Gasteiger partial charge in [0.2, 0.25) is 5.91 Å². The fraction of sp³-hybridized carbons (Fsp3) is 0.824. The number of nitrogens with zero attached hydrogens (tertiary/aromatic N) is 2. The van der Waals surface area contributed by atoms with E-state index in [1.165, 1.54) is 19.3 Å². The first-order valence-electron chi connectivity index (χ1n) is 9.14. The van der Waals surface area contributed by atoms with Crippen LogP contribution < -0.4 is 10.6 Å². The smallest absolute Gasteiger partial charge is 0.325 e. The van der Waals surface area contributed by atoms with E-state index in [1.54, 1.807) is 6.92 Å². The first kappa shape index (κ1) is 17.2. The molecule has 1 aliphatic carbocycles. The first-order chi connectivity index (χ1) is 11.5. The van der Waals surface area contributed by atoms with E-state index in [-0.39, 0.29) is 24.3 Å². The van der Waals surface area contributed by atoms with Crippen LogP contribution in [0.5, 0.6) is 0 Å². The summed E-state index contributed by atoms with van der Waals surface area (Å²) in [7, 11) is 0. The highest BCUT2D eigenvalue weighted by Crippen LogP contribution is 2.42. The van der Waals surface area contributed by atoms with E-state index < -0.39 is 11.6 Å². The number of rotatable bonds is 7. The van der Waals surface area contributed by atoms with Crippen molar-refractivity contribution in [2.75, 3.05) is 32.7 Å². The van der Waals surface area contributed by atoms with Gasteiger partial charge in [-0.1, -0.05) is 6.42 Å². The van der Waals surface area contributed by atoms with Gasteiger partial charge in [-0.25, -0.2) is 4.79 Å². The molecular weight excluding hydrogens is 308 g/mol. The maximum absolute atomic E-state index is 12.4. The molecule has 0 aromatic rings. The number of nitrogens with one attached hydrogen (secondary N) is 2. The predicted molar refractivity (Wildman–Crippen MR) is 89.3 cm³/mol. The Morgan fingerprint density at radius 1 is 1.25 bits per heavy atom. The van der Waals surface area contributed by atoms with Crippen LogP contribution in [-0.2, 0) is 9.59 Å². The van der Waals surface area contributed by atoms with Gasteiger partial charge in [0.1, 0.15) is 12.1 Å². The molecule has 2 aliphatic heterocycles. The second-order valence-electron chi connectivity index (χ2n) is 7.40. The lowest BCUT2D eigenvalue weighted by molar-refractivity contribution is -0.135. The van der Waals surface area contributed by atoms with Gasteiger partial charge in [-0.2, -0.15) is 0 Å². The van der Waals surface area contributed by atoms with Gasteiger partial charge in [0.05, 0.1) is 0 Å². The Labute approximate surface area is 143 Å². The minimum absolute atomic E-state index is 0.184. The summed E-state index contributed by atoms with van der Waals surface area (Å²) in [6, 6.07) is -0.446. The molecule has 0 spiro atoms. The van der Waals surface area contributed by atoms with Crippen LogP contribution in [-0.4, -0.2) is 65.9 Å².